The van der Waals surface area contributed by atoms with Gasteiger partial charge in [-0.25, -0.2) is 13.6 Å². The molecule has 8 atom stereocenters. The first-order valence-corrected chi connectivity index (χ1v) is 10.9. The molecule has 164 valence electrons. The topological polar surface area (TPSA) is 69.7 Å². The van der Waals surface area contributed by atoms with Crippen molar-refractivity contribution in [2.24, 2.45) is 40.4 Å². The zero-order valence-electron chi connectivity index (χ0n) is 17.8. The van der Waals surface area contributed by atoms with Gasteiger partial charge in [0.15, 0.2) is 11.4 Å². The monoisotopic (exact) mass is 422 g/mol. The molecule has 4 saturated carbocycles. The Hall–Kier alpha value is -1.79. The Kier molecular flexibility index (Phi) is 3.83. The van der Waals surface area contributed by atoms with Gasteiger partial charge in [-0.3, -0.25) is 9.59 Å². The van der Waals surface area contributed by atoms with Crippen molar-refractivity contribution >= 4 is 17.7 Å². The number of rotatable bonds is 2. The summed E-state index contributed by atoms with van der Waals surface area (Å²) in [5, 5.41) is 0. The fourth-order valence-electron chi connectivity index (χ4n) is 8.14. The molecule has 4 aliphatic carbocycles. The molecule has 7 heteroatoms. The summed E-state index contributed by atoms with van der Waals surface area (Å²) in [7, 11) is 0. The van der Waals surface area contributed by atoms with Gasteiger partial charge in [-0.15, -0.1) is 0 Å². The number of carbonyl (C=O) groups excluding carboxylic acids is 3. The average molecular weight is 422 g/mol. The third kappa shape index (κ3) is 2.14. The van der Waals surface area contributed by atoms with E-state index in [2.05, 4.69) is 0 Å². The maximum Gasteiger partial charge on any atom is 0.330 e. The van der Waals surface area contributed by atoms with Gasteiger partial charge in [0, 0.05) is 29.7 Å². The molecule has 30 heavy (non-hydrogen) atoms. The maximum absolute atomic E-state index is 15.1. The molecule has 1 heterocycles. The maximum atomic E-state index is 15.1. The Morgan fingerprint density at radius 1 is 1.13 bits per heavy atom. The number of fused-ring (bicyclic) bond motifs is 8. The number of Topliss-reactive ketones (excluding diaryl/α,β-unsaturated/α-hetero) is 1. The molecule has 0 N–H and O–H groups in total. The summed E-state index contributed by atoms with van der Waals surface area (Å²) < 4.78 is 41.3. The Labute approximate surface area is 174 Å². The highest BCUT2D eigenvalue weighted by Crippen LogP contribution is 2.78. The number of hydrogen-bond donors (Lipinski definition) is 0. The van der Waals surface area contributed by atoms with Crippen molar-refractivity contribution in [1.29, 1.82) is 0 Å². The Morgan fingerprint density at radius 2 is 1.80 bits per heavy atom. The first-order chi connectivity index (χ1) is 13.9. The molecule has 0 bridgehead atoms. The van der Waals surface area contributed by atoms with E-state index in [0.29, 0.717) is 31.3 Å². The number of ether oxygens (including phenoxy) is 2. The van der Waals surface area contributed by atoms with E-state index in [1.165, 1.54) is 19.9 Å². The van der Waals surface area contributed by atoms with Crippen LogP contribution in [0.5, 0.6) is 0 Å². The zero-order chi connectivity index (χ0) is 21.9. The number of alkyl halides is 2. The van der Waals surface area contributed by atoms with E-state index in [-0.39, 0.29) is 30.1 Å². The minimum atomic E-state index is -2.86. The lowest BCUT2D eigenvalue weighted by atomic mass is 9.47. The molecule has 0 aromatic rings. The van der Waals surface area contributed by atoms with Crippen LogP contribution in [-0.2, 0) is 23.9 Å². The molecule has 5 rings (SSSR count). The smallest absolute Gasteiger partial charge is 0.330 e. The van der Waals surface area contributed by atoms with Crippen molar-refractivity contribution in [3.8, 4) is 0 Å². The summed E-state index contributed by atoms with van der Waals surface area (Å²) in [5.41, 5.74) is -1.97. The van der Waals surface area contributed by atoms with E-state index in [1.54, 1.807) is 0 Å². The highest BCUT2D eigenvalue weighted by atomic mass is 19.3. The second kappa shape index (κ2) is 5.71. The number of halogens is 2. The molecule has 0 unspecified atom stereocenters. The number of ketones is 1. The fourth-order valence-corrected chi connectivity index (χ4v) is 8.14. The second-order valence-electron chi connectivity index (χ2n) is 10.6. The summed E-state index contributed by atoms with van der Waals surface area (Å²) in [6.07, 6.45) is 3.52. The van der Waals surface area contributed by atoms with Crippen LogP contribution in [0.15, 0.2) is 11.6 Å². The standard InChI is InChI=1S/C23H28F2O5/c1-11(26)22(30-12(2)27)8-6-14-17-13(5-7-21(14,22)4)20(3)10-29-16(28)9-15(20)18-19(17)23(18,24)25/h9,13-14,17-19H,5-8,10H2,1-4H3/t13-,14-,17+,18-,19+,20+,21-,22-/m0/s1. The highest BCUT2D eigenvalue weighted by Gasteiger charge is 2.82. The summed E-state index contributed by atoms with van der Waals surface area (Å²) in [4.78, 5) is 36.5. The minimum Gasteiger partial charge on any atom is -0.462 e. The lowest BCUT2D eigenvalue weighted by molar-refractivity contribution is -0.189. The van der Waals surface area contributed by atoms with Gasteiger partial charge in [-0.1, -0.05) is 13.8 Å². The van der Waals surface area contributed by atoms with Crippen LogP contribution in [0.1, 0.15) is 53.4 Å². The van der Waals surface area contributed by atoms with Crippen LogP contribution in [0, 0.1) is 40.4 Å². The van der Waals surface area contributed by atoms with Crippen LogP contribution in [0.25, 0.3) is 0 Å². The van der Waals surface area contributed by atoms with Crippen molar-refractivity contribution in [2.75, 3.05) is 6.61 Å². The van der Waals surface area contributed by atoms with Crippen molar-refractivity contribution in [3.63, 3.8) is 0 Å². The van der Waals surface area contributed by atoms with Gasteiger partial charge >= 0.3 is 11.9 Å². The van der Waals surface area contributed by atoms with Gasteiger partial charge in [0.1, 0.15) is 6.61 Å². The Balaban J connectivity index is 1.61. The third-order valence-electron chi connectivity index (χ3n) is 9.46. The van der Waals surface area contributed by atoms with E-state index in [0.717, 1.165) is 0 Å². The van der Waals surface area contributed by atoms with Crippen molar-refractivity contribution in [1.82, 2.24) is 0 Å². The van der Waals surface area contributed by atoms with Gasteiger partial charge < -0.3 is 9.47 Å². The molecular weight excluding hydrogens is 394 g/mol. The largest absolute Gasteiger partial charge is 0.462 e. The van der Waals surface area contributed by atoms with Crippen LogP contribution in [-0.4, -0.2) is 35.9 Å². The normalized spacial score (nSPS) is 50.1. The molecule has 5 nitrogen and oxygen atoms in total. The Bertz CT molecular complexity index is 896. The zero-order valence-corrected chi connectivity index (χ0v) is 17.8. The highest BCUT2D eigenvalue weighted by molar-refractivity contribution is 5.89. The molecule has 0 amide bonds. The molecule has 0 aromatic carbocycles. The summed E-state index contributed by atoms with van der Waals surface area (Å²) >= 11 is 0. The summed E-state index contributed by atoms with van der Waals surface area (Å²) in [6, 6.07) is 0. The molecule has 0 aromatic heterocycles. The van der Waals surface area contributed by atoms with Crippen molar-refractivity contribution < 1.29 is 32.6 Å². The van der Waals surface area contributed by atoms with Crippen LogP contribution in [0.2, 0.25) is 0 Å². The van der Waals surface area contributed by atoms with E-state index in [9.17, 15) is 14.4 Å². The molecule has 0 saturated heterocycles. The van der Waals surface area contributed by atoms with Gasteiger partial charge in [0.05, 0.1) is 5.92 Å². The molecule has 5 aliphatic rings. The average Bonchev–Trinajstić information content (AvgIpc) is 3.07. The van der Waals surface area contributed by atoms with Crippen LogP contribution in [0.4, 0.5) is 8.78 Å². The summed E-state index contributed by atoms with van der Waals surface area (Å²) in [6.45, 7) is 6.78. The minimum absolute atomic E-state index is 0.0513. The van der Waals surface area contributed by atoms with Gasteiger partial charge in [-0.2, -0.15) is 0 Å². The first-order valence-electron chi connectivity index (χ1n) is 10.9. The van der Waals surface area contributed by atoms with Gasteiger partial charge in [-0.05, 0) is 55.9 Å². The molecule has 1 aliphatic heterocycles. The van der Waals surface area contributed by atoms with Crippen molar-refractivity contribution in [3.05, 3.63) is 11.6 Å². The van der Waals surface area contributed by atoms with E-state index < -0.39 is 46.1 Å². The van der Waals surface area contributed by atoms with E-state index >= 15 is 8.78 Å². The lowest BCUT2D eigenvalue weighted by Crippen LogP contribution is -2.59. The second-order valence-corrected chi connectivity index (χ2v) is 10.6. The number of carbonyl (C=O) groups is 3. The number of hydrogen-bond acceptors (Lipinski definition) is 5. The predicted octanol–water partition coefficient (Wildman–Crippen LogP) is 3.70. The van der Waals surface area contributed by atoms with Gasteiger partial charge in [0.25, 0.3) is 5.92 Å². The SMILES string of the molecule is CC(=O)O[C@]1(C(C)=O)CC[C@H]2[C@@H]3[C@@H]4[C@H](C5=CC(=O)OC[C@]5(C)[C@H]3CC[C@@]21C)C4(F)F. The quantitative estimate of drug-likeness (QED) is 0.635. The fraction of sp³-hybridized carbons (Fsp3) is 0.783. The lowest BCUT2D eigenvalue weighted by Gasteiger charge is -2.58. The van der Waals surface area contributed by atoms with E-state index in [1.807, 2.05) is 13.8 Å². The molecule has 0 spiro atoms. The first kappa shape index (κ1) is 20.1. The van der Waals surface area contributed by atoms with Crippen LogP contribution >= 0.6 is 0 Å². The van der Waals surface area contributed by atoms with Crippen LogP contribution in [0.3, 0.4) is 0 Å². The number of esters is 2. The summed E-state index contributed by atoms with van der Waals surface area (Å²) in [5.74, 6) is -6.34. The van der Waals surface area contributed by atoms with E-state index in [4.69, 9.17) is 9.47 Å². The third-order valence-corrected chi connectivity index (χ3v) is 9.46. The number of cyclic esters (lactones) is 1. The molecule has 4 fully saturated rings. The Morgan fingerprint density at radius 3 is 2.43 bits per heavy atom. The predicted molar refractivity (Wildman–Crippen MR) is 101 cm³/mol. The van der Waals surface area contributed by atoms with Crippen LogP contribution < -0.4 is 0 Å². The van der Waals surface area contributed by atoms with Gasteiger partial charge in [0.2, 0.25) is 0 Å². The van der Waals surface area contributed by atoms with Crippen molar-refractivity contribution in [2.45, 2.75) is 64.9 Å². The molecule has 0 radical (unpaired) electrons. The molecular formula is C23H28F2O5.